The van der Waals surface area contributed by atoms with Crippen LogP contribution in [0.5, 0.6) is 0 Å². The van der Waals surface area contributed by atoms with Crippen LogP contribution in [0, 0.1) is 13.8 Å². The summed E-state index contributed by atoms with van der Waals surface area (Å²) in [7, 11) is 0. The van der Waals surface area contributed by atoms with Crippen molar-refractivity contribution >= 4 is 46.5 Å². The Morgan fingerprint density at radius 1 is 1.05 bits per heavy atom. The van der Waals surface area contributed by atoms with Crippen molar-refractivity contribution in [1.29, 1.82) is 0 Å². The molecule has 3 aromatic rings. The van der Waals surface area contributed by atoms with Crippen molar-refractivity contribution in [3.63, 3.8) is 0 Å². The minimum atomic E-state index is -0.556. The molecule has 9 heteroatoms. The summed E-state index contributed by atoms with van der Waals surface area (Å²) in [5, 5.41) is 2.23. The number of aryl methyl sites for hydroxylation is 2. The first-order valence-electron chi connectivity index (χ1n) is 12.2. The van der Waals surface area contributed by atoms with E-state index < -0.39 is 17.1 Å². The molecule has 0 saturated carbocycles. The molecule has 196 valence electrons. The fraction of sp³-hybridized carbons (Fsp3) is 0.241. The number of nitrogens with one attached hydrogen (secondary N) is 1. The Hall–Kier alpha value is -4.11. The third-order valence-corrected chi connectivity index (χ3v) is 6.78. The van der Waals surface area contributed by atoms with Crippen molar-refractivity contribution in [2.75, 3.05) is 18.5 Å². The molecule has 2 heterocycles. The predicted octanol–water partition coefficient (Wildman–Crippen LogP) is 6.20. The van der Waals surface area contributed by atoms with Crippen LogP contribution in [0.4, 0.5) is 10.5 Å². The number of rotatable bonds is 9. The smallest absolute Gasteiger partial charge is 0.338 e. The summed E-state index contributed by atoms with van der Waals surface area (Å²) in [5.74, 6) is -0.468. The van der Waals surface area contributed by atoms with Gasteiger partial charge in [-0.25, -0.2) is 4.79 Å². The highest BCUT2D eigenvalue weighted by Gasteiger charge is 2.36. The van der Waals surface area contributed by atoms with Gasteiger partial charge in [-0.15, -0.1) is 0 Å². The molecule has 0 radical (unpaired) electrons. The van der Waals surface area contributed by atoms with E-state index >= 15 is 0 Å². The summed E-state index contributed by atoms with van der Waals surface area (Å²) in [5.41, 5.74) is 3.78. The number of carbonyl (C=O) groups excluding carboxylic acids is 4. The molecule has 1 N–H and O–H groups in total. The van der Waals surface area contributed by atoms with Crippen LogP contribution in [0.25, 0.3) is 17.4 Å². The van der Waals surface area contributed by atoms with E-state index in [1.54, 1.807) is 42.5 Å². The minimum absolute atomic E-state index is 0.167. The highest BCUT2D eigenvalue weighted by atomic mass is 32.2. The van der Waals surface area contributed by atoms with E-state index in [4.69, 9.17) is 9.15 Å². The van der Waals surface area contributed by atoms with Gasteiger partial charge in [0.1, 0.15) is 18.1 Å². The Morgan fingerprint density at radius 3 is 2.53 bits per heavy atom. The second-order valence-corrected chi connectivity index (χ2v) is 9.90. The second kappa shape index (κ2) is 12.0. The van der Waals surface area contributed by atoms with Crippen LogP contribution >= 0.6 is 11.8 Å². The zero-order chi connectivity index (χ0) is 27.2. The van der Waals surface area contributed by atoms with Gasteiger partial charge in [0.2, 0.25) is 5.91 Å². The fourth-order valence-corrected chi connectivity index (χ4v) is 4.62. The number of ether oxygens (including phenoxy) is 1. The zero-order valence-electron chi connectivity index (χ0n) is 21.4. The van der Waals surface area contributed by atoms with E-state index in [2.05, 4.69) is 5.32 Å². The maximum atomic E-state index is 12.8. The number of furan rings is 1. The minimum Gasteiger partial charge on any atom is -0.462 e. The fourth-order valence-electron chi connectivity index (χ4n) is 3.80. The van der Waals surface area contributed by atoms with Gasteiger partial charge in [0.15, 0.2) is 0 Å². The standard InChI is InChI=1S/C29H28N2O6S/c1-4-5-14-36-28(34)21-9-7-20(8-10-21)24-13-11-22(37-24)16-25-27(33)31(29(35)38-25)17-26(32)30-23-12-6-18(2)15-19(23)3/h6-13,15-16H,4-5,14,17H2,1-3H3,(H,30,32)/b25-16+. The average Bonchev–Trinajstić information content (AvgIpc) is 3.46. The van der Waals surface area contributed by atoms with E-state index in [9.17, 15) is 19.2 Å². The molecule has 4 rings (SSSR count). The first-order valence-corrected chi connectivity index (χ1v) is 13.1. The summed E-state index contributed by atoms with van der Waals surface area (Å²) in [6.45, 7) is 5.86. The number of hydrogen-bond acceptors (Lipinski definition) is 7. The highest BCUT2D eigenvalue weighted by Crippen LogP contribution is 2.33. The lowest BCUT2D eigenvalue weighted by Gasteiger charge is -2.13. The number of nitrogens with zero attached hydrogens (tertiary/aromatic N) is 1. The van der Waals surface area contributed by atoms with Crippen molar-refractivity contribution in [2.45, 2.75) is 33.6 Å². The Kier molecular flexibility index (Phi) is 8.48. The summed E-state index contributed by atoms with van der Waals surface area (Å²) >= 11 is 0.755. The Morgan fingerprint density at radius 2 is 1.82 bits per heavy atom. The van der Waals surface area contributed by atoms with Crippen molar-refractivity contribution in [1.82, 2.24) is 4.90 Å². The SMILES string of the molecule is CCCCOC(=O)c1ccc(-c2ccc(/C=C3/SC(=O)N(CC(=O)Nc4ccc(C)cc4C)C3=O)o2)cc1. The maximum absolute atomic E-state index is 12.8. The van der Waals surface area contributed by atoms with E-state index in [1.165, 1.54) is 6.08 Å². The summed E-state index contributed by atoms with van der Waals surface area (Å²) in [6.07, 6.45) is 3.25. The van der Waals surface area contributed by atoms with Gasteiger partial charge in [0.25, 0.3) is 11.1 Å². The number of esters is 1. The lowest BCUT2D eigenvalue weighted by Crippen LogP contribution is -2.36. The number of anilines is 1. The average molecular weight is 533 g/mol. The molecular formula is C29H28N2O6S. The number of benzene rings is 2. The van der Waals surface area contributed by atoms with E-state index in [1.807, 2.05) is 32.9 Å². The zero-order valence-corrected chi connectivity index (χ0v) is 22.2. The van der Waals surface area contributed by atoms with Crippen molar-refractivity contribution in [3.05, 3.63) is 82.0 Å². The Labute approximate surface area is 225 Å². The van der Waals surface area contributed by atoms with Crippen molar-refractivity contribution in [2.24, 2.45) is 0 Å². The summed E-state index contributed by atoms with van der Waals surface area (Å²) < 4.78 is 11.1. The van der Waals surface area contributed by atoms with Crippen molar-refractivity contribution in [3.8, 4) is 11.3 Å². The van der Waals surface area contributed by atoms with Gasteiger partial charge in [-0.2, -0.15) is 0 Å². The number of imide groups is 1. The van der Waals surface area contributed by atoms with Crippen LogP contribution in [-0.4, -0.2) is 41.1 Å². The van der Waals surface area contributed by atoms with Gasteiger partial charge in [0, 0.05) is 17.3 Å². The van der Waals surface area contributed by atoms with E-state index in [0.717, 1.165) is 46.2 Å². The van der Waals surface area contributed by atoms with Gasteiger partial charge in [-0.05, 0) is 67.9 Å². The summed E-state index contributed by atoms with van der Waals surface area (Å²) in [6, 6.07) is 15.9. The molecule has 2 aromatic carbocycles. The van der Waals surface area contributed by atoms with Gasteiger partial charge in [0.05, 0.1) is 17.1 Å². The van der Waals surface area contributed by atoms with Gasteiger partial charge in [-0.3, -0.25) is 19.3 Å². The molecule has 3 amide bonds. The van der Waals surface area contributed by atoms with Crippen LogP contribution in [0.3, 0.4) is 0 Å². The molecule has 0 spiro atoms. The number of amides is 3. The highest BCUT2D eigenvalue weighted by molar-refractivity contribution is 8.18. The third-order valence-electron chi connectivity index (χ3n) is 5.87. The first-order chi connectivity index (χ1) is 18.2. The van der Waals surface area contributed by atoms with Gasteiger partial charge >= 0.3 is 5.97 Å². The van der Waals surface area contributed by atoms with Crippen LogP contribution < -0.4 is 5.32 Å². The molecule has 1 aliphatic rings. The monoisotopic (exact) mass is 532 g/mol. The molecule has 0 atom stereocenters. The number of thioether (sulfide) groups is 1. The number of carbonyl (C=O) groups is 4. The lowest BCUT2D eigenvalue weighted by molar-refractivity contribution is -0.127. The normalized spacial score (nSPS) is 14.3. The van der Waals surface area contributed by atoms with Crippen molar-refractivity contribution < 1.29 is 28.3 Å². The molecule has 0 unspecified atom stereocenters. The third kappa shape index (κ3) is 6.41. The molecule has 1 aromatic heterocycles. The molecule has 38 heavy (non-hydrogen) atoms. The van der Waals surface area contributed by atoms with E-state index in [-0.39, 0.29) is 17.4 Å². The number of hydrogen-bond donors (Lipinski definition) is 1. The Bertz CT molecular complexity index is 1410. The van der Waals surface area contributed by atoms with E-state index in [0.29, 0.717) is 29.4 Å². The Balaban J connectivity index is 1.39. The van der Waals surface area contributed by atoms with Gasteiger partial charge < -0.3 is 14.5 Å². The maximum Gasteiger partial charge on any atom is 0.338 e. The second-order valence-electron chi connectivity index (χ2n) is 8.90. The quantitative estimate of drug-likeness (QED) is 0.199. The molecular weight excluding hydrogens is 504 g/mol. The predicted molar refractivity (Wildman–Crippen MR) is 147 cm³/mol. The molecule has 1 aliphatic heterocycles. The molecule has 0 bridgehead atoms. The topological polar surface area (TPSA) is 106 Å². The van der Waals surface area contributed by atoms with Crippen LogP contribution in [0.15, 0.2) is 63.9 Å². The molecule has 1 saturated heterocycles. The molecule has 0 aliphatic carbocycles. The van der Waals surface area contributed by atoms with Gasteiger partial charge in [-0.1, -0.05) is 43.2 Å². The summed E-state index contributed by atoms with van der Waals surface area (Å²) in [4.78, 5) is 51.0. The largest absolute Gasteiger partial charge is 0.462 e. The van der Waals surface area contributed by atoms with Crippen LogP contribution in [0.2, 0.25) is 0 Å². The van der Waals surface area contributed by atoms with Crippen LogP contribution in [-0.2, 0) is 14.3 Å². The number of unbranched alkanes of at least 4 members (excludes halogenated alkanes) is 1. The molecule has 8 nitrogen and oxygen atoms in total. The lowest BCUT2D eigenvalue weighted by atomic mass is 10.1. The van der Waals surface area contributed by atoms with Crippen LogP contribution in [0.1, 0.15) is 47.0 Å². The molecule has 1 fully saturated rings. The first kappa shape index (κ1) is 26.9.